The van der Waals surface area contributed by atoms with Gasteiger partial charge in [-0.3, -0.25) is 15.1 Å². The zero-order valence-electron chi connectivity index (χ0n) is 20.2. The summed E-state index contributed by atoms with van der Waals surface area (Å²) in [5, 5.41) is 20.1. The number of aromatic nitrogens is 4. The van der Waals surface area contributed by atoms with Crippen molar-refractivity contribution < 1.29 is 42.4 Å². The van der Waals surface area contributed by atoms with Gasteiger partial charge in [-0.2, -0.15) is 13.2 Å². The van der Waals surface area contributed by atoms with Gasteiger partial charge in [-0.1, -0.05) is 0 Å². The van der Waals surface area contributed by atoms with E-state index in [1.54, 1.807) is 38.5 Å². The number of aromatic amines is 1. The van der Waals surface area contributed by atoms with E-state index in [1.165, 1.54) is 0 Å². The number of anilines is 2. The minimum atomic E-state index is -5.08. The van der Waals surface area contributed by atoms with E-state index in [0.717, 1.165) is 5.39 Å². The fourth-order valence-electron chi connectivity index (χ4n) is 3.19. The van der Waals surface area contributed by atoms with Crippen LogP contribution in [0.3, 0.4) is 0 Å². The van der Waals surface area contributed by atoms with Crippen LogP contribution in [0.15, 0.2) is 35.1 Å². The third kappa shape index (κ3) is 6.56. The number of carboxylic acids is 1. The lowest BCUT2D eigenvalue weighted by Gasteiger charge is -2.12. The number of nitrogens with zero attached hydrogens (tertiary/aromatic N) is 3. The Balaban J connectivity index is 0.000000505. The molecular formula is C23H22F3N5O7. The molecule has 2 aromatic heterocycles. The first kappa shape index (κ1) is 27.9. The summed E-state index contributed by atoms with van der Waals surface area (Å²) in [6.07, 6.45) is -5.08. The van der Waals surface area contributed by atoms with Gasteiger partial charge < -0.3 is 24.4 Å². The first-order chi connectivity index (χ1) is 18.0. The number of aryl methyl sites for hydroxylation is 1. The van der Waals surface area contributed by atoms with Crippen LogP contribution in [0.5, 0.6) is 17.2 Å². The van der Waals surface area contributed by atoms with Crippen LogP contribution in [0.25, 0.3) is 21.8 Å². The number of aliphatic hydroxyl groups excluding tert-OH is 1. The summed E-state index contributed by atoms with van der Waals surface area (Å²) in [6.45, 7) is 1.88. The fraction of sp³-hybridized carbons (Fsp3) is 0.261. The van der Waals surface area contributed by atoms with Crippen molar-refractivity contribution in [1.29, 1.82) is 0 Å². The molecule has 38 heavy (non-hydrogen) atoms. The molecule has 2 heterocycles. The molecule has 2 aromatic carbocycles. The van der Waals surface area contributed by atoms with Crippen molar-refractivity contribution in [3.8, 4) is 17.2 Å². The van der Waals surface area contributed by atoms with E-state index in [1.807, 2.05) is 13.0 Å². The second-order valence-corrected chi connectivity index (χ2v) is 7.45. The third-order valence-electron chi connectivity index (χ3n) is 4.89. The summed E-state index contributed by atoms with van der Waals surface area (Å²) in [4.78, 5) is 37.6. The van der Waals surface area contributed by atoms with E-state index in [4.69, 9.17) is 29.2 Å². The maximum Gasteiger partial charge on any atom is 0.490 e. The number of ether oxygens (including phenoxy) is 3. The average molecular weight is 537 g/mol. The molecule has 4 N–H and O–H groups in total. The van der Waals surface area contributed by atoms with E-state index >= 15 is 0 Å². The van der Waals surface area contributed by atoms with Gasteiger partial charge in [0.2, 0.25) is 11.9 Å². The number of hydrogen-bond donors (Lipinski definition) is 4. The van der Waals surface area contributed by atoms with Gasteiger partial charge in [0.05, 0.1) is 37.4 Å². The van der Waals surface area contributed by atoms with Crippen molar-refractivity contribution in [1.82, 2.24) is 19.9 Å². The molecule has 0 spiro atoms. The summed E-state index contributed by atoms with van der Waals surface area (Å²) in [6, 6.07) is 8.51. The lowest BCUT2D eigenvalue weighted by Crippen LogP contribution is -2.21. The van der Waals surface area contributed by atoms with Gasteiger partial charge in [-0.15, -0.1) is 0 Å². The molecule has 0 saturated carbocycles. The summed E-state index contributed by atoms with van der Waals surface area (Å²) in [7, 11) is 3.13. The number of methoxy groups -OCH3 is 2. The van der Waals surface area contributed by atoms with E-state index < -0.39 is 12.1 Å². The summed E-state index contributed by atoms with van der Waals surface area (Å²) in [5.41, 5.74) is 1.44. The van der Waals surface area contributed by atoms with Crippen LogP contribution in [0.1, 0.15) is 5.69 Å². The van der Waals surface area contributed by atoms with Crippen molar-refractivity contribution in [3.05, 3.63) is 46.4 Å². The van der Waals surface area contributed by atoms with Gasteiger partial charge in [0.1, 0.15) is 29.4 Å². The minimum absolute atomic E-state index is 0.113. The minimum Gasteiger partial charge on any atom is -0.497 e. The van der Waals surface area contributed by atoms with Crippen LogP contribution in [-0.2, 0) is 4.79 Å². The number of hydrogen-bond acceptors (Lipinski definition) is 10. The number of aliphatic carboxylic acids is 1. The zero-order chi connectivity index (χ0) is 28.0. The Morgan fingerprint density at radius 3 is 2.34 bits per heavy atom. The van der Waals surface area contributed by atoms with Gasteiger partial charge in [0.25, 0.3) is 5.56 Å². The van der Waals surface area contributed by atoms with Gasteiger partial charge in [-0.25, -0.2) is 19.7 Å². The number of aliphatic hydroxyl groups is 1. The highest BCUT2D eigenvalue weighted by atomic mass is 19.4. The van der Waals surface area contributed by atoms with Crippen LogP contribution >= 0.6 is 0 Å². The van der Waals surface area contributed by atoms with E-state index in [9.17, 15) is 18.0 Å². The SMILES string of the molecule is COc1cc(OC)c2nc(Nc3nc4ccc(OCCO)cc4c(=O)[nH]3)nc(C)c2c1.O=C(O)C(F)(F)F. The Labute approximate surface area is 212 Å². The van der Waals surface area contributed by atoms with Crippen LogP contribution < -0.4 is 25.1 Å². The number of H-pyrrole nitrogens is 1. The predicted molar refractivity (Wildman–Crippen MR) is 129 cm³/mol. The molecule has 0 aliphatic heterocycles. The monoisotopic (exact) mass is 537 g/mol. The molecular weight excluding hydrogens is 515 g/mol. The maximum atomic E-state index is 12.6. The van der Waals surface area contributed by atoms with Crippen molar-refractivity contribution in [2.24, 2.45) is 0 Å². The zero-order valence-corrected chi connectivity index (χ0v) is 20.2. The third-order valence-corrected chi connectivity index (χ3v) is 4.89. The van der Waals surface area contributed by atoms with Gasteiger partial charge in [0, 0.05) is 11.5 Å². The molecule has 0 radical (unpaired) electrons. The highest BCUT2D eigenvalue weighted by Crippen LogP contribution is 2.32. The standard InChI is InChI=1S/C21H21N5O5.C2HF3O2/c1-11-14-9-13(29-2)10-17(30-3)18(14)24-20(22-11)26-21-23-16-5-4-12(31-7-6-27)8-15(16)19(28)25-21;3-2(4,5)1(6)7/h4-5,8-10,27H,6-7H2,1-3H3,(H2,22,23,24,25,26,28);(H,6,7). The van der Waals surface area contributed by atoms with Crippen LogP contribution in [0, 0.1) is 6.92 Å². The van der Waals surface area contributed by atoms with E-state index in [0.29, 0.717) is 39.4 Å². The molecule has 12 nitrogen and oxygen atoms in total. The largest absolute Gasteiger partial charge is 0.497 e. The summed E-state index contributed by atoms with van der Waals surface area (Å²) >= 11 is 0. The van der Waals surface area contributed by atoms with Crippen molar-refractivity contribution in [2.75, 3.05) is 32.8 Å². The number of carbonyl (C=O) groups is 1. The number of halogens is 3. The summed E-state index contributed by atoms with van der Waals surface area (Å²) in [5.74, 6) is -0.636. The maximum absolute atomic E-state index is 12.6. The summed E-state index contributed by atoms with van der Waals surface area (Å²) < 4.78 is 47.8. The molecule has 0 amide bonds. The van der Waals surface area contributed by atoms with Crippen LogP contribution in [0.4, 0.5) is 25.1 Å². The number of carboxylic acid groups (broad SMARTS) is 1. The molecule has 0 aliphatic carbocycles. The molecule has 0 aliphatic rings. The highest BCUT2D eigenvalue weighted by Gasteiger charge is 2.38. The molecule has 15 heteroatoms. The van der Waals surface area contributed by atoms with Crippen LogP contribution in [0.2, 0.25) is 0 Å². The van der Waals surface area contributed by atoms with Crippen molar-refractivity contribution in [2.45, 2.75) is 13.1 Å². The number of fused-ring (bicyclic) bond motifs is 2. The lowest BCUT2D eigenvalue weighted by molar-refractivity contribution is -0.192. The smallest absolute Gasteiger partial charge is 0.490 e. The van der Waals surface area contributed by atoms with Gasteiger partial charge in [0.15, 0.2) is 0 Å². The second-order valence-electron chi connectivity index (χ2n) is 7.45. The first-order valence-electron chi connectivity index (χ1n) is 10.7. The molecule has 4 aromatic rings. The molecule has 0 unspecified atom stereocenters. The topological polar surface area (TPSA) is 169 Å². The molecule has 4 rings (SSSR count). The number of rotatable bonds is 7. The van der Waals surface area contributed by atoms with Gasteiger partial charge >= 0.3 is 12.1 Å². The Morgan fingerprint density at radius 2 is 1.74 bits per heavy atom. The van der Waals surface area contributed by atoms with E-state index in [-0.39, 0.29) is 30.7 Å². The Hall–Kier alpha value is -4.66. The average Bonchev–Trinajstić information content (AvgIpc) is 2.87. The molecule has 202 valence electrons. The normalized spacial score (nSPS) is 11.0. The molecule has 0 saturated heterocycles. The molecule has 0 bridgehead atoms. The number of benzene rings is 2. The van der Waals surface area contributed by atoms with Crippen molar-refractivity contribution >= 4 is 39.7 Å². The highest BCUT2D eigenvalue weighted by molar-refractivity contribution is 5.89. The number of nitrogens with one attached hydrogen (secondary N) is 2. The Morgan fingerprint density at radius 1 is 1.05 bits per heavy atom. The quantitative estimate of drug-likeness (QED) is 0.273. The van der Waals surface area contributed by atoms with Crippen molar-refractivity contribution in [3.63, 3.8) is 0 Å². The van der Waals surface area contributed by atoms with E-state index in [2.05, 4.69) is 25.3 Å². The second kappa shape index (κ2) is 11.6. The lowest BCUT2D eigenvalue weighted by atomic mass is 10.1. The predicted octanol–water partition coefficient (Wildman–Crippen LogP) is 2.94. The fourth-order valence-corrected chi connectivity index (χ4v) is 3.19. The molecule has 0 atom stereocenters. The van der Waals surface area contributed by atoms with Gasteiger partial charge in [-0.05, 0) is 31.2 Å². The Kier molecular flexibility index (Phi) is 8.52. The molecule has 0 fully saturated rings. The first-order valence-corrected chi connectivity index (χ1v) is 10.7. The Bertz CT molecular complexity index is 1530. The number of alkyl halides is 3. The van der Waals surface area contributed by atoms with Crippen LogP contribution in [-0.4, -0.2) is 69.7 Å².